The number of carbonyl (C=O) groups excluding carboxylic acids is 1. The van der Waals surface area contributed by atoms with E-state index in [1.54, 1.807) is 0 Å². The van der Waals surface area contributed by atoms with E-state index in [-0.39, 0.29) is 17.9 Å². The van der Waals surface area contributed by atoms with Gasteiger partial charge in [-0.2, -0.15) is 0 Å². The summed E-state index contributed by atoms with van der Waals surface area (Å²) < 4.78 is 0. The molecule has 3 atom stereocenters. The Bertz CT molecular complexity index is 364. The van der Waals surface area contributed by atoms with Crippen LogP contribution in [0, 0.1) is 5.92 Å². The molecule has 0 saturated carbocycles. The Labute approximate surface area is 110 Å². The molecule has 1 aromatic carbocycles. The summed E-state index contributed by atoms with van der Waals surface area (Å²) in [4.78, 5) is 12.0. The van der Waals surface area contributed by atoms with Gasteiger partial charge in [0.25, 0.3) is 0 Å². The lowest BCUT2D eigenvalue weighted by Crippen LogP contribution is -2.45. The van der Waals surface area contributed by atoms with Crippen LogP contribution < -0.4 is 11.1 Å². The molecule has 0 aliphatic rings. The Kier molecular flexibility index (Phi) is 5.86. The van der Waals surface area contributed by atoms with Gasteiger partial charge in [0, 0.05) is 0 Å². The molecule has 3 N–H and O–H groups in total. The Morgan fingerprint density at radius 3 is 2.33 bits per heavy atom. The predicted molar refractivity (Wildman–Crippen MR) is 75.0 cm³/mol. The molecule has 1 aromatic rings. The van der Waals surface area contributed by atoms with Crippen molar-refractivity contribution in [2.45, 2.75) is 45.7 Å². The zero-order chi connectivity index (χ0) is 13.5. The second kappa shape index (κ2) is 7.17. The van der Waals surface area contributed by atoms with Gasteiger partial charge in [0.2, 0.25) is 5.91 Å². The molecule has 1 rings (SSSR count). The normalized spacial score (nSPS) is 15.8. The Hall–Kier alpha value is -1.35. The van der Waals surface area contributed by atoms with Crippen LogP contribution in [-0.2, 0) is 4.79 Å². The number of hydrogen-bond acceptors (Lipinski definition) is 2. The predicted octanol–water partition coefficient (Wildman–Crippen LogP) is 2.63. The average Bonchev–Trinajstić information content (AvgIpc) is 2.43. The number of amides is 1. The molecule has 0 aromatic heterocycles. The van der Waals surface area contributed by atoms with Crippen LogP contribution in [0.15, 0.2) is 30.3 Å². The lowest BCUT2D eigenvalue weighted by molar-refractivity contribution is -0.124. The van der Waals surface area contributed by atoms with Gasteiger partial charge in [-0.1, -0.05) is 57.5 Å². The summed E-state index contributed by atoms with van der Waals surface area (Å²) in [5.41, 5.74) is 7.07. The maximum absolute atomic E-state index is 12.0. The van der Waals surface area contributed by atoms with Crippen LogP contribution in [0.3, 0.4) is 0 Å². The Morgan fingerprint density at radius 1 is 1.22 bits per heavy atom. The van der Waals surface area contributed by atoms with Gasteiger partial charge in [0.15, 0.2) is 0 Å². The lowest BCUT2D eigenvalue weighted by atomic mass is 9.98. The molecule has 0 aliphatic carbocycles. The number of nitrogens with one attached hydrogen (secondary N) is 1. The second-order valence-corrected chi connectivity index (χ2v) is 4.79. The Morgan fingerprint density at radius 2 is 1.83 bits per heavy atom. The van der Waals surface area contributed by atoms with Gasteiger partial charge in [-0.3, -0.25) is 4.79 Å². The van der Waals surface area contributed by atoms with Crippen molar-refractivity contribution >= 4 is 5.91 Å². The zero-order valence-electron chi connectivity index (χ0n) is 11.5. The first-order valence-corrected chi connectivity index (χ1v) is 6.71. The van der Waals surface area contributed by atoms with Crippen molar-refractivity contribution in [3.05, 3.63) is 35.9 Å². The van der Waals surface area contributed by atoms with Gasteiger partial charge in [-0.15, -0.1) is 0 Å². The first kappa shape index (κ1) is 14.7. The molecule has 100 valence electrons. The number of hydrogen-bond donors (Lipinski definition) is 2. The largest absolute Gasteiger partial charge is 0.348 e. The molecule has 18 heavy (non-hydrogen) atoms. The molecule has 0 saturated heterocycles. The van der Waals surface area contributed by atoms with E-state index in [0.717, 1.165) is 18.4 Å². The molecule has 0 radical (unpaired) electrons. The lowest BCUT2D eigenvalue weighted by Gasteiger charge is -2.23. The van der Waals surface area contributed by atoms with Crippen LogP contribution in [0.25, 0.3) is 0 Å². The summed E-state index contributed by atoms with van der Waals surface area (Å²) in [5, 5.41) is 3.03. The van der Waals surface area contributed by atoms with Gasteiger partial charge < -0.3 is 11.1 Å². The summed E-state index contributed by atoms with van der Waals surface area (Å²) in [6.07, 6.45) is 1.78. The molecular weight excluding hydrogens is 224 g/mol. The topological polar surface area (TPSA) is 55.1 Å². The number of nitrogens with two attached hydrogens (primary N) is 1. The summed E-state index contributed by atoms with van der Waals surface area (Å²) >= 11 is 0. The number of benzene rings is 1. The van der Waals surface area contributed by atoms with Crippen LogP contribution >= 0.6 is 0 Å². The molecule has 0 fully saturated rings. The molecule has 3 nitrogen and oxygen atoms in total. The van der Waals surface area contributed by atoms with Crippen LogP contribution in [-0.4, -0.2) is 11.9 Å². The number of carbonyl (C=O) groups is 1. The van der Waals surface area contributed by atoms with Crippen molar-refractivity contribution in [1.29, 1.82) is 0 Å². The van der Waals surface area contributed by atoms with Crippen LogP contribution in [0.4, 0.5) is 0 Å². The quantitative estimate of drug-likeness (QED) is 0.813. The highest BCUT2D eigenvalue weighted by molar-refractivity contribution is 5.82. The summed E-state index contributed by atoms with van der Waals surface area (Å²) in [5.74, 6) is 0.151. The minimum atomic E-state index is -0.423. The minimum absolute atomic E-state index is 0.0498. The maximum atomic E-state index is 12.0. The minimum Gasteiger partial charge on any atom is -0.348 e. The zero-order valence-corrected chi connectivity index (χ0v) is 11.5. The summed E-state index contributed by atoms with van der Waals surface area (Å²) in [7, 11) is 0. The third-order valence-electron chi connectivity index (χ3n) is 3.49. The molecule has 0 unspecified atom stereocenters. The number of rotatable bonds is 6. The van der Waals surface area contributed by atoms with E-state index >= 15 is 0 Å². The fraction of sp³-hybridized carbons (Fsp3) is 0.533. The van der Waals surface area contributed by atoms with E-state index in [1.165, 1.54) is 0 Å². The van der Waals surface area contributed by atoms with E-state index in [4.69, 9.17) is 5.73 Å². The second-order valence-electron chi connectivity index (χ2n) is 4.79. The fourth-order valence-electron chi connectivity index (χ4n) is 1.89. The standard InChI is InChI=1S/C15H24N2O/c1-4-11(3)14(16)15(18)17-13(5-2)12-9-7-6-8-10-12/h6-11,13-14H,4-5,16H2,1-3H3,(H,17,18)/t11-,13-,14+/m0/s1. The van der Waals surface area contributed by atoms with Gasteiger partial charge in [0.05, 0.1) is 12.1 Å². The van der Waals surface area contributed by atoms with Crippen LogP contribution in [0.5, 0.6) is 0 Å². The molecule has 0 aliphatic heterocycles. The van der Waals surface area contributed by atoms with Crippen molar-refractivity contribution < 1.29 is 4.79 Å². The molecule has 0 bridgehead atoms. The maximum Gasteiger partial charge on any atom is 0.237 e. The molecule has 3 heteroatoms. The smallest absolute Gasteiger partial charge is 0.237 e. The highest BCUT2D eigenvalue weighted by Crippen LogP contribution is 2.16. The van der Waals surface area contributed by atoms with Gasteiger partial charge >= 0.3 is 0 Å². The third-order valence-corrected chi connectivity index (χ3v) is 3.49. The first-order chi connectivity index (χ1) is 8.60. The van der Waals surface area contributed by atoms with Gasteiger partial charge in [-0.05, 0) is 17.9 Å². The van der Waals surface area contributed by atoms with Gasteiger partial charge in [-0.25, -0.2) is 0 Å². The summed E-state index contributed by atoms with van der Waals surface area (Å²) in [6, 6.07) is 9.63. The van der Waals surface area contributed by atoms with E-state index in [0.29, 0.717) is 0 Å². The van der Waals surface area contributed by atoms with E-state index in [1.807, 2.05) is 44.2 Å². The van der Waals surface area contributed by atoms with Crippen molar-refractivity contribution in [1.82, 2.24) is 5.32 Å². The van der Waals surface area contributed by atoms with Crippen molar-refractivity contribution in [2.75, 3.05) is 0 Å². The Balaban J connectivity index is 2.67. The van der Waals surface area contributed by atoms with E-state index in [2.05, 4.69) is 12.2 Å². The third kappa shape index (κ3) is 3.84. The van der Waals surface area contributed by atoms with E-state index in [9.17, 15) is 4.79 Å². The molecule has 1 amide bonds. The highest BCUT2D eigenvalue weighted by atomic mass is 16.2. The monoisotopic (exact) mass is 248 g/mol. The van der Waals surface area contributed by atoms with Crippen LogP contribution in [0.2, 0.25) is 0 Å². The van der Waals surface area contributed by atoms with E-state index < -0.39 is 6.04 Å². The molecule has 0 spiro atoms. The molecular formula is C15H24N2O. The van der Waals surface area contributed by atoms with Crippen LogP contribution in [0.1, 0.15) is 45.2 Å². The average molecular weight is 248 g/mol. The van der Waals surface area contributed by atoms with Crippen molar-refractivity contribution in [3.8, 4) is 0 Å². The van der Waals surface area contributed by atoms with Crippen molar-refractivity contribution in [2.24, 2.45) is 11.7 Å². The fourth-order valence-corrected chi connectivity index (χ4v) is 1.89. The van der Waals surface area contributed by atoms with Gasteiger partial charge in [0.1, 0.15) is 0 Å². The first-order valence-electron chi connectivity index (χ1n) is 6.71. The highest BCUT2D eigenvalue weighted by Gasteiger charge is 2.22. The SMILES string of the molecule is CC[C@H](NC(=O)[C@H](N)[C@@H](C)CC)c1ccccc1. The summed E-state index contributed by atoms with van der Waals surface area (Å²) in [6.45, 7) is 6.12. The van der Waals surface area contributed by atoms with Crippen molar-refractivity contribution in [3.63, 3.8) is 0 Å². The molecule has 0 heterocycles.